The van der Waals surface area contributed by atoms with E-state index in [0.29, 0.717) is 26.4 Å². The number of nitrogens with zero attached hydrogens (tertiary/aromatic N) is 1. The maximum atomic E-state index is 12.2. The number of carbonyl (C=O) groups is 1. The normalized spacial score (nSPS) is 10.9. The van der Waals surface area contributed by atoms with Crippen LogP contribution in [0.5, 0.6) is 11.5 Å². The van der Waals surface area contributed by atoms with E-state index in [1.807, 2.05) is 60.8 Å². The van der Waals surface area contributed by atoms with Crippen LogP contribution in [0.3, 0.4) is 0 Å². The number of rotatable bonds is 11. The molecule has 0 aliphatic carbocycles. The molecule has 0 unspecified atom stereocenters. The Morgan fingerprint density at radius 1 is 1.10 bits per heavy atom. The number of hydrogen-bond donors (Lipinski definition) is 1. The Bertz CT molecular complexity index is 999. The molecule has 1 amide bonds. The summed E-state index contributed by atoms with van der Waals surface area (Å²) in [7, 11) is 1.64. The van der Waals surface area contributed by atoms with Crippen LogP contribution in [0.1, 0.15) is 21.8 Å². The van der Waals surface area contributed by atoms with E-state index in [0.717, 1.165) is 33.3 Å². The second-order valence-electron chi connectivity index (χ2n) is 6.76. The van der Waals surface area contributed by atoms with Gasteiger partial charge in [-0.1, -0.05) is 24.3 Å². The van der Waals surface area contributed by atoms with Crippen LogP contribution in [0.4, 0.5) is 0 Å². The summed E-state index contributed by atoms with van der Waals surface area (Å²) in [5, 5.41) is 5.89. The van der Waals surface area contributed by atoms with E-state index in [1.165, 1.54) is 6.08 Å². The third-order valence-electron chi connectivity index (χ3n) is 4.28. The molecule has 0 radical (unpaired) electrons. The maximum absolute atomic E-state index is 12.2. The number of ether oxygens (including phenoxy) is 3. The number of hydrogen-bond acceptors (Lipinski definition) is 6. The van der Waals surface area contributed by atoms with Gasteiger partial charge in [-0.05, 0) is 48.4 Å². The second-order valence-corrected chi connectivity index (χ2v) is 7.82. The van der Waals surface area contributed by atoms with Crippen molar-refractivity contribution in [2.75, 3.05) is 20.3 Å². The molecule has 1 heterocycles. The van der Waals surface area contributed by atoms with Crippen LogP contribution in [0.2, 0.25) is 0 Å². The van der Waals surface area contributed by atoms with Gasteiger partial charge >= 0.3 is 0 Å². The minimum atomic E-state index is -0.162. The largest absolute Gasteiger partial charge is 0.491 e. The van der Waals surface area contributed by atoms with Crippen LogP contribution >= 0.6 is 11.3 Å². The van der Waals surface area contributed by atoms with Gasteiger partial charge in [0.05, 0.1) is 17.3 Å². The van der Waals surface area contributed by atoms with Gasteiger partial charge in [0.2, 0.25) is 5.91 Å². The molecule has 0 fully saturated rings. The number of amides is 1. The molecule has 0 aliphatic rings. The Labute approximate surface area is 186 Å². The first-order valence-corrected chi connectivity index (χ1v) is 10.8. The zero-order chi connectivity index (χ0) is 21.9. The van der Waals surface area contributed by atoms with Gasteiger partial charge in [0, 0.05) is 25.1 Å². The van der Waals surface area contributed by atoms with Crippen molar-refractivity contribution < 1.29 is 19.0 Å². The molecule has 1 aromatic heterocycles. The molecule has 2 aromatic carbocycles. The third kappa shape index (κ3) is 7.88. The van der Waals surface area contributed by atoms with Crippen LogP contribution in [0.15, 0.2) is 60.0 Å². The predicted octanol–water partition coefficient (Wildman–Crippen LogP) is 4.39. The summed E-state index contributed by atoms with van der Waals surface area (Å²) < 4.78 is 16.3. The Kier molecular flexibility index (Phi) is 8.63. The van der Waals surface area contributed by atoms with Crippen molar-refractivity contribution in [2.24, 2.45) is 0 Å². The molecular formula is C24H26N2O4S. The van der Waals surface area contributed by atoms with E-state index in [9.17, 15) is 4.79 Å². The topological polar surface area (TPSA) is 69.7 Å². The molecule has 0 bridgehead atoms. The fourth-order valence-electron chi connectivity index (χ4n) is 2.71. The number of thiazole rings is 1. The summed E-state index contributed by atoms with van der Waals surface area (Å²) in [6.07, 6.45) is 3.28. The maximum Gasteiger partial charge on any atom is 0.244 e. The van der Waals surface area contributed by atoms with E-state index in [4.69, 9.17) is 14.2 Å². The van der Waals surface area contributed by atoms with Crippen LogP contribution in [-0.2, 0) is 22.7 Å². The molecule has 3 rings (SSSR count). The van der Waals surface area contributed by atoms with Crippen molar-refractivity contribution >= 4 is 23.3 Å². The van der Waals surface area contributed by atoms with Gasteiger partial charge in [-0.15, -0.1) is 11.3 Å². The van der Waals surface area contributed by atoms with Crippen molar-refractivity contribution in [2.45, 2.75) is 20.1 Å². The molecular weight excluding hydrogens is 412 g/mol. The summed E-state index contributed by atoms with van der Waals surface area (Å²) in [5.41, 5.74) is 2.80. The number of carbonyl (C=O) groups excluding carboxylic acids is 1. The van der Waals surface area contributed by atoms with Crippen molar-refractivity contribution in [1.82, 2.24) is 10.3 Å². The molecule has 0 atom stereocenters. The fourth-order valence-corrected chi connectivity index (χ4v) is 3.30. The summed E-state index contributed by atoms with van der Waals surface area (Å²) in [6, 6.07) is 15.2. The lowest BCUT2D eigenvalue weighted by Crippen LogP contribution is -2.20. The molecule has 1 N–H and O–H groups in total. The summed E-state index contributed by atoms with van der Waals surface area (Å²) in [5.74, 6) is 1.35. The predicted molar refractivity (Wildman–Crippen MR) is 122 cm³/mol. The Morgan fingerprint density at radius 3 is 2.68 bits per heavy atom. The molecule has 3 aromatic rings. The van der Waals surface area contributed by atoms with Gasteiger partial charge in [-0.25, -0.2) is 4.98 Å². The average Bonchev–Trinajstić information content (AvgIpc) is 3.21. The highest BCUT2D eigenvalue weighted by molar-refractivity contribution is 7.09. The van der Waals surface area contributed by atoms with Gasteiger partial charge in [0.15, 0.2) is 0 Å². The zero-order valence-corrected chi connectivity index (χ0v) is 18.5. The van der Waals surface area contributed by atoms with E-state index in [-0.39, 0.29) is 5.91 Å². The van der Waals surface area contributed by atoms with Gasteiger partial charge in [0.25, 0.3) is 0 Å². The van der Waals surface area contributed by atoms with Gasteiger partial charge in [-0.3, -0.25) is 4.79 Å². The minimum absolute atomic E-state index is 0.162. The Balaban J connectivity index is 1.45. The lowest BCUT2D eigenvalue weighted by molar-refractivity contribution is -0.116. The Hall–Kier alpha value is -3.16. The van der Waals surface area contributed by atoms with Gasteiger partial charge in [0.1, 0.15) is 24.7 Å². The molecule has 0 aliphatic heterocycles. The van der Waals surface area contributed by atoms with Crippen molar-refractivity contribution in [3.8, 4) is 11.5 Å². The minimum Gasteiger partial charge on any atom is -0.491 e. The van der Waals surface area contributed by atoms with Crippen LogP contribution in [-0.4, -0.2) is 31.2 Å². The molecule has 7 heteroatoms. The summed E-state index contributed by atoms with van der Waals surface area (Å²) >= 11 is 1.60. The van der Waals surface area contributed by atoms with E-state index < -0.39 is 0 Å². The summed E-state index contributed by atoms with van der Waals surface area (Å²) in [6.45, 7) is 3.89. The fraction of sp³-hybridized carbons (Fsp3) is 0.250. The number of benzene rings is 2. The van der Waals surface area contributed by atoms with E-state index >= 15 is 0 Å². The van der Waals surface area contributed by atoms with Crippen LogP contribution in [0, 0.1) is 6.92 Å². The summed E-state index contributed by atoms with van der Waals surface area (Å²) in [4.78, 5) is 16.5. The molecule has 0 spiro atoms. The molecule has 0 saturated carbocycles. The SMILES string of the molecule is COCCOc1ccc(CNC(=O)/C=C/c2cccc(OCc3csc(C)n3)c2)cc1. The number of nitrogens with one attached hydrogen (secondary N) is 1. The molecule has 31 heavy (non-hydrogen) atoms. The van der Waals surface area contributed by atoms with E-state index in [1.54, 1.807) is 24.5 Å². The quantitative estimate of drug-likeness (QED) is 0.355. The molecule has 0 saturated heterocycles. The number of methoxy groups -OCH3 is 1. The standard InChI is InChI=1S/C24H26N2O4S/c1-18-26-21(17-31-18)16-30-23-5-3-4-19(14-23)8-11-24(27)25-15-20-6-9-22(10-7-20)29-13-12-28-2/h3-11,14,17H,12-13,15-16H2,1-2H3,(H,25,27)/b11-8+. The van der Waals surface area contributed by atoms with Crippen LogP contribution in [0.25, 0.3) is 6.08 Å². The van der Waals surface area contributed by atoms with Crippen molar-refractivity contribution in [3.05, 3.63) is 81.8 Å². The third-order valence-corrected chi connectivity index (χ3v) is 5.11. The monoisotopic (exact) mass is 438 g/mol. The first-order chi connectivity index (χ1) is 15.1. The Morgan fingerprint density at radius 2 is 1.94 bits per heavy atom. The number of aryl methyl sites for hydroxylation is 1. The van der Waals surface area contributed by atoms with Gasteiger partial charge < -0.3 is 19.5 Å². The highest BCUT2D eigenvalue weighted by Gasteiger charge is 2.02. The second kappa shape index (κ2) is 11.9. The first-order valence-electron chi connectivity index (χ1n) is 9.93. The van der Waals surface area contributed by atoms with Gasteiger partial charge in [-0.2, -0.15) is 0 Å². The highest BCUT2D eigenvalue weighted by atomic mass is 32.1. The smallest absolute Gasteiger partial charge is 0.244 e. The highest BCUT2D eigenvalue weighted by Crippen LogP contribution is 2.17. The first kappa shape index (κ1) is 22.5. The average molecular weight is 439 g/mol. The van der Waals surface area contributed by atoms with Crippen LogP contribution < -0.4 is 14.8 Å². The van der Waals surface area contributed by atoms with Crippen molar-refractivity contribution in [3.63, 3.8) is 0 Å². The zero-order valence-electron chi connectivity index (χ0n) is 17.7. The molecule has 162 valence electrons. The number of aromatic nitrogens is 1. The van der Waals surface area contributed by atoms with E-state index in [2.05, 4.69) is 10.3 Å². The van der Waals surface area contributed by atoms with Crippen molar-refractivity contribution in [1.29, 1.82) is 0 Å². The molecule has 6 nitrogen and oxygen atoms in total. The lowest BCUT2D eigenvalue weighted by Gasteiger charge is -2.07. The lowest BCUT2D eigenvalue weighted by atomic mass is 10.2.